The molecule has 5 heteroatoms. The second-order valence-corrected chi connectivity index (χ2v) is 4.46. The van der Waals surface area contributed by atoms with E-state index in [9.17, 15) is 13.2 Å². The van der Waals surface area contributed by atoms with Crippen LogP contribution in [0.25, 0.3) is 0 Å². The molecule has 0 saturated carbocycles. The average molecular weight is 259 g/mol. The van der Waals surface area contributed by atoms with Gasteiger partial charge in [0.25, 0.3) is 0 Å². The van der Waals surface area contributed by atoms with E-state index < -0.39 is 11.7 Å². The molecule has 0 aromatic heterocycles. The zero-order valence-corrected chi connectivity index (χ0v) is 9.96. The quantitative estimate of drug-likeness (QED) is 0.896. The molecule has 0 spiro atoms. The lowest BCUT2D eigenvalue weighted by atomic mass is 10.2. The lowest BCUT2D eigenvalue weighted by Gasteiger charge is -2.12. The van der Waals surface area contributed by atoms with Crippen molar-refractivity contribution < 1.29 is 17.9 Å². The largest absolute Gasteiger partial charge is 0.494 e. The topological polar surface area (TPSA) is 21.3 Å². The van der Waals surface area contributed by atoms with Gasteiger partial charge in [-0.1, -0.05) is 6.07 Å². The van der Waals surface area contributed by atoms with Gasteiger partial charge < -0.3 is 10.1 Å². The Morgan fingerprint density at radius 3 is 2.83 bits per heavy atom. The highest BCUT2D eigenvalue weighted by Gasteiger charge is 2.30. The molecule has 1 N–H and O–H groups in total. The Labute approximate surface area is 104 Å². The summed E-state index contributed by atoms with van der Waals surface area (Å²) >= 11 is 0. The van der Waals surface area contributed by atoms with Gasteiger partial charge >= 0.3 is 6.18 Å². The zero-order valence-electron chi connectivity index (χ0n) is 9.96. The van der Waals surface area contributed by atoms with Gasteiger partial charge in [-0.25, -0.2) is 0 Å². The molecule has 2 nitrogen and oxygen atoms in total. The van der Waals surface area contributed by atoms with Gasteiger partial charge in [0.1, 0.15) is 5.75 Å². The van der Waals surface area contributed by atoms with Crippen LogP contribution in [0.3, 0.4) is 0 Å². The maximum atomic E-state index is 12.5. The fourth-order valence-electron chi connectivity index (χ4n) is 2.08. The monoisotopic (exact) mass is 259 g/mol. The summed E-state index contributed by atoms with van der Waals surface area (Å²) in [6, 6.07) is 5.45. The second kappa shape index (κ2) is 5.61. The van der Waals surface area contributed by atoms with Crippen LogP contribution >= 0.6 is 0 Å². The van der Waals surface area contributed by atoms with Crippen molar-refractivity contribution in [3.8, 4) is 5.75 Å². The number of ether oxygens (including phenoxy) is 1. The molecule has 1 unspecified atom stereocenters. The molecule has 0 bridgehead atoms. The molecule has 1 fully saturated rings. The molecule has 2 rings (SSSR count). The number of alkyl halides is 3. The minimum atomic E-state index is -4.31. The molecule has 100 valence electrons. The molecule has 0 aliphatic carbocycles. The van der Waals surface area contributed by atoms with E-state index in [1.54, 1.807) is 6.07 Å². The highest BCUT2D eigenvalue weighted by Crippen LogP contribution is 2.31. The average Bonchev–Trinajstić information content (AvgIpc) is 2.81. The van der Waals surface area contributed by atoms with Gasteiger partial charge in [-0.05, 0) is 44.0 Å². The van der Waals surface area contributed by atoms with Crippen molar-refractivity contribution in [1.82, 2.24) is 5.32 Å². The van der Waals surface area contributed by atoms with E-state index in [0.717, 1.165) is 37.9 Å². The molecule has 1 aliphatic rings. The van der Waals surface area contributed by atoms with Crippen LogP contribution in [0.5, 0.6) is 5.75 Å². The minimum Gasteiger partial charge on any atom is -0.494 e. The van der Waals surface area contributed by atoms with Crippen LogP contribution < -0.4 is 10.1 Å². The first-order valence-electron chi connectivity index (χ1n) is 6.09. The Hall–Kier alpha value is -1.23. The van der Waals surface area contributed by atoms with Crippen molar-refractivity contribution >= 4 is 0 Å². The molecule has 1 heterocycles. The molecule has 1 aliphatic heterocycles. The van der Waals surface area contributed by atoms with E-state index in [0.29, 0.717) is 12.6 Å². The van der Waals surface area contributed by atoms with Crippen LogP contribution in [-0.2, 0) is 6.18 Å². The summed E-state index contributed by atoms with van der Waals surface area (Å²) in [4.78, 5) is 0. The standard InChI is InChI=1S/C13H16F3NO/c14-13(15,16)10-3-1-5-12(9-10)18-8-6-11-4-2-7-17-11/h1,3,5,9,11,17H,2,4,6-8H2. The maximum absolute atomic E-state index is 12.5. The van der Waals surface area contributed by atoms with Gasteiger partial charge in [-0.2, -0.15) is 13.2 Å². The fraction of sp³-hybridized carbons (Fsp3) is 0.538. The van der Waals surface area contributed by atoms with Crippen molar-refractivity contribution in [2.45, 2.75) is 31.5 Å². The highest BCUT2D eigenvalue weighted by atomic mass is 19.4. The van der Waals surface area contributed by atoms with E-state index in [2.05, 4.69) is 5.32 Å². The summed E-state index contributed by atoms with van der Waals surface area (Å²) in [6.07, 6.45) is -1.21. The van der Waals surface area contributed by atoms with Crippen LogP contribution in [-0.4, -0.2) is 19.2 Å². The van der Waals surface area contributed by atoms with Crippen molar-refractivity contribution in [2.24, 2.45) is 0 Å². The third kappa shape index (κ3) is 3.63. The zero-order chi connectivity index (χ0) is 13.0. The van der Waals surface area contributed by atoms with Gasteiger partial charge in [-0.15, -0.1) is 0 Å². The normalized spacial score (nSPS) is 20.1. The second-order valence-electron chi connectivity index (χ2n) is 4.46. The summed E-state index contributed by atoms with van der Waals surface area (Å²) in [5.74, 6) is 0.280. The molecule has 1 saturated heterocycles. The summed E-state index contributed by atoms with van der Waals surface area (Å²) in [5, 5.41) is 3.32. The Morgan fingerprint density at radius 1 is 1.33 bits per heavy atom. The van der Waals surface area contributed by atoms with Crippen LogP contribution in [0, 0.1) is 0 Å². The Kier molecular flexibility index (Phi) is 4.11. The van der Waals surface area contributed by atoms with Crippen LogP contribution in [0.2, 0.25) is 0 Å². The van der Waals surface area contributed by atoms with E-state index in [-0.39, 0.29) is 5.75 Å². The van der Waals surface area contributed by atoms with E-state index in [1.165, 1.54) is 6.07 Å². The highest BCUT2D eigenvalue weighted by molar-refractivity contribution is 5.30. The molecular weight excluding hydrogens is 243 g/mol. The molecule has 0 amide bonds. The number of hydrogen-bond acceptors (Lipinski definition) is 2. The molecule has 0 radical (unpaired) electrons. The molecule has 18 heavy (non-hydrogen) atoms. The number of hydrogen-bond donors (Lipinski definition) is 1. The predicted octanol–water partition coefficient (Wildman–Crippen LogP) is 3.23. The van der Waals surface area contributed by atoms with E-state index in [4.69, 9.17) is 4.74 Å². The van der Waals surface area contributed by atoms with Crippen LogP contribution in [0.4, 0.5) is 13.2 Å². The first-order chi connectivity index (χ1) is 8.55. The predicted molar refractivity (Wildman–Crippen MR) is 62.6 cm³/mol. The van der Waals surface area contributed by atoms with Crippen LogP contribution in [0.15, 0.2) is 24.3 Å². The number of rotatable bonds is 4. The maximum Gasteiger partial charge on any atom is 0.416 e. The summed E-state index contributed by atoms with van der Waals surface area (Å²) < 4.78 is 42.8. The Balaban J connectivity index is 1.85. The van der Waals surface area contributed by atoms with Gasteiger partial charge in [0.05, 0.1) is 12.2 Å². The number of halogens is 3. The Morgan fingerprint density at radius 2 is 2.17 bits per heavy atom. The summed E-state index contributed by atoms with van der Waals surface area (Å²) in [7, 11) is 0. The van der Waals surface area contributed by atoms with E-state index >= 15 is 0 Å². The lowest BCUT2D eigenvalue weighted by molar-refractivity contribution is -0.137. The summed E-state index contributed by atoms with van der Waals surface area (Å²) in [6.45, 7) is 1.47. The molecule has 1 aromatic rings. The Bertz CT molecular complexity index is 386. The smallest absolute Gasteiger partial charge is 0.416 e. The molecule has 1 atom stereocenters. The van der Waals surface area contributed by atoms with Crippen molar-refractivity contribution in [3.63, 3.8) is 0 Å². The van der Waals surface area contributed by atoms with E-state index in [1.807, 2.05) is 0 Å². The molecular formula is C13H16F3NO. The lowest BCUT2D eigenvalue weighted by Crippen LogP contribution is -2.23. The first-order valence-corrected chi connectivity index (χ1v) is 6.09. The first kappa shape index (κ1) is 13.2. The van der Waals surface area contributed by atoms with Gasteiger partial charge in [0, 0.05) is 6.04 Å². The van der Waals surface area contributed by atoms with Gasteiger partial charge in [0.2, 0.25) is 0 Å². The minimum absolute atomic E-state index is 0.280. The summed E-state index contributed by atoms with van der Waals surface area (Å²) in [5.41, 5.74) is -0.668. The third-order valence-electron chi connectivity index (χ3n) is 3.06. The van der Waals surface area contributed by atoms with Crippen molar-refractivity contribution in [3.05, 3.63) is 29.8 Å². The fourth-order valence-corrected chi connectivity index (χ4v) is 2.08. The number of nitrogens with one attached hydrogen (secondary N) is 1. The van der Waals surface area contributed by atoms with Crippen molar-refractivity contribution in [1.29, 1.82) is 0 Å². The third-order valence-corrected chi connectivity index (χ3v) is 3.06. The SMILES string of the molecule is FC(F)(F)c1cccc(OCCC2CCCN2)c1. The van der Waals surface area contributed by atoms with Gasteiger partial charge in [-0.3, -0.25) is 0 Å². The number of benzene rings is 1. The van der Waals surface area contributed by atoms with Crippen LogP contribution in [0.1, 0.15) is 24.8 Å². The van der Waals surface area contributed by atoms with Crippen molar-refractivity contribution in [2.75, 3.05) is 13.2 Å². The van der Waals surface area contributed by atoms with Gasteiger partial charge in [0.15, 0.2) is 0 Å². The molecule has 1 aromatic carbocycles.